The largest absolute Gasteiger partial charge is 0.375 e. The van der Waals surface area contributed by atoms with Crippen LogP contribution in [0, 0.1) is 5.92 Å². The summed E-state index contributed by atoms with van der Waals surface area (Å²) in [5.41, 5.74) is 0. The van der Waals surface area contributed by atoms with Crippen molar-refractivity contribution in [1.82, 2.24) is 9.80 Å². The number of rotatable bonds is 2. The highest BCUT2D eigenvalue weighted by Crippen LogP contribution is 2.21. The van der Waals surface area contributed by atoms with Gasteiger partial charge in [0.25, 0.3) is 0 Å². The molecule has 0 N–H and O–H groups in total. The highest BCUT2D eigenvalue weighted by atomic mass is 16.5. The van der Waals surface area contributed by atoms with Gasteiger partial charge in [0.05, 0.1) is 12.7 Å². The summed E-state index contributed by atoms with van der Waals surface area (Å²) in [6.07, 6.45) is 3.12. The quantitative estimate of drug-likeness (QED) is 0.708. The van der Waals surface area contributed by atoms with Crippen LogP contribution in [0.1, 0.15) is 26.7 Å². The van der Waals surface area contributed by atoms with Crippen molar-refractivity contribution in [2.45, 2.75) is 38.8 Å². The van der Waals surface area contributed by atoms with Crippen LogP contribution in [-0.2, 0) is 4.74 Å². The molecule has 0 bridgehead atoms. The normalized spacial score (nSPS) is 31.1. The molecule has 0 aromatic rings. The number of piperidine rings is 1. The third-order valence-electron chi connectivity index (χ3n) is 4.07. The molecular formula is C13H26N2O. The molecule has 2 saturated heterocycles. The fraction of sp³-hybridized carbons (Fsp3) is 1.00. The van der Waals surface area contributed by atoms with Crippen molar-refractivity contribution in [2.75, 3.05) is 39.8 Å². The fourth-order valence-corrected chi connectivity index (χ4v) is 2.79. The first kappa shape index (κ1) is 12.3. The van der Waals surface area contributed by atoms with Crippen LogP contribution in [0.2, 0.25) is 0 Å². The smallest absolute Gasteiger partial charge is 0.0725 e. The van der Waals surface area contributed by atoms with Crippen LogP contribution in [0.25, 0.3) is 0 Å². The summed E-state index contributed by atoms with van der Waals surface area (Å²) in [4.78, 5) is 5.11. The van der Waals surface area contributed by atoms with Crippen molar-refractivity contribution in [3.63, 3.8) is 0 Å². The molecule has 2 heterocycles. The number of hydrogen-bond acceptors (Lipinski definition) is 3. The van der Waals surface area contributed by atoms with Gasteiger partial charge in [-0.15, -0.1) is 0 Å². The van der Waals surface area contributed by atoms with Crippen molar-refractivity contribution in [3.05, 3.63) is 0 Å². The van der Waals surface area contributed by atoms with Crippen LogP contribution < -0.4 is 0 Å². The van der Waals surface area contributed by atoms with E-state index < -0.39 is 0 Å². The van der Waals surface area contributed by atoms with Gasteiger partial charge in [-0.05, 0) is 38.9 Å². The summed E-state index contributed by atoms with van der Waals surface area (Å²) in [5.74, 6) is 0.647. The topological polar surface area (TPSA) is 15.7 Å². The van der Waals surface area contributed by atoms with Crippen LogP contribution >= 0.6 is 0 Å². The lowest BCUT2D eigenvalue weighted by Gasteiger charge is -2.42. The summed E-state index contributed by atoms with van der Waals surface area (Å²) in [6, 6.07) is 0.807. The molecule has 0 aromatic carbocycles. The first-order valence-electron chi connectivity index (χ1n) is 6.71. The number of likely N-dealkylation sites (tertiary alicyclic amines) is 1. The van der Waals surface area contributed by atoms with Gasteiger partial charge in [-0.1, -0.05) is 13.8 Å². The Bertz CT molecular complexity index is 212. The van der Waals surface area contributed by atoms with E-state index in [4.69, 9.17) is 4.74 Å². The Balaban J connectivity index is 1.84. The molecule has 1 atom stereocenters. The predicted molar refractivity (Wildman–Crippen MR) is 66.7 cm³/mol. The molecule has 2 aliphatic rings. The van der Waals surface area contributed by atoms with Crippen molar-refractivity contribution < 1.29 is 4.74 Å². The van der Waals surface area contributed by atoms with Gasteiger partial charge in [-0.2, -0.15) is 0 Å². The Morgan fingerprint density at radius 2 is 1.81 bits per heavy atom. The van der Waals surface area contributed by atoms with Crippen molar-refractivity contribution >= 4 is 0 Å². The van der Waals surface area contributed by atoms with Crippen molar-refractivity contribution in [2.24, 2.45) is 5.92 Å². The first-order valence-corrected chi connectivity index (χ1v) is 6.71. The SMILES string of the molecule is CC(C)C1CN(C2CCN(C)CC2)CCO1. The maximum atomic E-state index is 5.83. The summed E-state index contributed by atoms with van der Waals surface area (Å²) >= 11 is 0. The van der Waals surface area contributed by atoms with E-state index in [9.17, 15) is 0 Å². The predicted octanol–water partition coefficient (Wildman–Crippen LogP) is 1.44. The van der Waals surface area contributed by atoms with Crippen LogP contribution in [0.15, 0.2) is 0 Å². The molecular weight excluding hydrogens is 200 g/mol. The van der Waals surface area contributed by atoms with Gasteiger partial charge >= 0.3 is 0 Å². The summed E-state index contributed by atoms with van der Waals surface area (Å²) in [5, 5.41) is 0. The number of morpholine rings is 1. The Hall–Kier alpha value is -0.120. The van der Waals surface area contributed by atoms with E-state index in [0.717, 1.165) is 25.7 Å². The first-order chi connectivity index (χ1) is 7.66. The van der Waals surface area contributed by atoms with Crippen LogP contribution in [-0.4, -0.2) is 61.8 Å². The van der Waals surface area contributed by atoms with Crippen LogP contribution in [0.5, 0.6) is 0 Å². The molecule has 2 fully saturated rings. The van der Waals surface area contributed by atoms with Gasteiger partial charge in [0, 0.05) is 19.1 Å². The molecule has 16 heavy (non-hydrogen) atoms. The molecule has 0 saturated carbocycles. The molecule has 0 spiro atoms. The summed E-state index contributed by atoms with van der Waals surface area (Å²) < 4.78 is 5.83. The van der Waals surface area contributed by atoms with E-state index >= 15 is 0 Å². The zero-order valence-electron chi connectivity index (χ0n) is 11.0. The fourth-order valence-electron chi connectivity index (χ4n) is 2.79. The minimum absolute atomic E-state index is 0.452. The lowest BCUT2D eigenvalue weighted by Crippen LogP contribution is -2.52. The van der Waals surface area contributed by atoms with E-state index in [1.807, 2.05) is 0 Å². The van der Waals surface area contributed by atoms with Crippen LogP contribution in [0.3, 0.4) is 0 Å². The standard InChI is InChI=1S/C13H26N2O/c1-11(2)13-10-15(8-9-16-13)12-4-6-14(3)7-5-12/h11-13H,4-10H2,1-3H3. The second-order valence-corrected chi connectivity index (χ2v) is 5.68. The average Bonchev–Trinajstić information content (AvgIpc) is 2.30. The molecule has 2 aliphatic heterocycles. The monoisotopic (exact) mass is 226 g/mol. The van der Waals surface area contributed by atoms with E-state index in [1.54, 1.807) is 0 Å². The molecule has 0 amide bonds. The molecule has 0 aromatic heterocycles. The Morgan fingerprint density at radius 3 is 2.44 bits per heavy atom. The number of ether oxygens (including phenoxy) is 1. The Morgan fingerprint density at radius 1 is 1.12 bits per heavy atom. The maximum Gasteiger partial charge on any atom is 0.0725 e. The van der Waals surface area contributed by atoms with Gasteiger partial charge in [-0.25, -0.2) is 0 Å². The molecule has 0 radical (unpaired) electrons. The van der Waals surface area contributed by atoms with Gasteiger partial charge in [0.1, 0.15) is 0 Å². The van der Waals surface area contributed by atoms with E-state index in [2.05, 4.69) is 30.7 Å². The lowest BCUT2D eigenvalue weighted by atomic mass is 10.00. The minimum atomic E-state index is 0.452. The molecule has 3 heteroatoms. The molecule has 1 unspecified atom stereocenters. The van der Waals surface area contributed by atoms with Gasteiger partial charge < -0.3 is 9.64 Å². The lowest BCUT2D eigenvalue weighted by molar-refractivity contribution is -0.0694. The van der Waals surface area contributed by atoms with E-state index in [1.165, 1.54) is 25.9 Å². The average molecular weight is 226 g/mol. The number of nitrogens with zero attached hydrogens (tertiary/aromatic N) is 2. The van der Waals surface area contributed by atoms with Crippen molar-refractivity contribution in [3.8, 4) is 0 Å². The molecule has 0 aliphatic carbocycles. The van der Waals surface area contributed by atoms with Gasteiger partial charge in [0.2, 0.25) is 0 Å². The molecule has 2 rings (SSSR count). The van der Waals surface area contributed by atoms with Crippen molar-refractivity contribution in [1.29, 1.82) is 0 Å². The zero-order chi connectivity index (χ0) is 11.5. The Kier molecular flexibility index (Phi) is 4.22. The van der Waals surface area contributed by atoms with E-state index in [0.29, 0.717) is 12.0 Å². The summed E-state index contributed by atoms with van der Waals surface area (Å²) in [6.45, 7) is 10.3. The van der Waals surface area contributed by atoms with Crippen LogP contribution in [0.4, 0.5) is 0 Å². The highest BCUT2D eigenvalue weighted by molar-refractivity contribution is 4.83. The third-order valence-corrected chi connectivity index (χ3v) is 4.07. The molecule has 3 nitrogen and oxygen atoms in total. The maximum absolute atomic E-state index is 5.83. The Labute approximate surface area is 99.7 Å². The highest BCUT2D eigenvalue weighted by Gasteiger charge is 2.29. The van der Waals surface area contributed by atoms with Gasteiger partial charge in [-0.3, -0.25) is 4.90 Å². The second-order valence-electron chi connectivity index (χ2n) is 5.68. The second kappa shape index (κ2) is 5.48. The third kappa shape index (κ3) is 2.96. The summed E-state index contributed by atoms with van der Waals surface area (Å²) in [7, 11) is 2.23. The molecule has 94 valence electrons. The minimum Gasteiger partial charge on any atom is -0.375 e. The zero-order valence-corrected chi connectivity index (χ0v) is 11.0. The van der Waals surface area contributed by atoms with E-state index in [-0.39, 0.29) is 0 Å². The number of hydrogen-bond donors (Lipinski definition) is 0. The van der Waals surface area contributed by atoms with Gasteiger partial charge in [0.15, 0.2) is 0 Å².